The topological polar surface area (TPSA) is 12.0 Å². The second-order valence-corrected chi connectivity index (χ2v) is 5.23. The first-order valence-corrected chi connectivity index (χ1v) is 6.85. The summed E-state index contributed by atoms with van der Waals surface area (Å²) in [6.07, 6.45) is 1.18. The maximum absolute atomic E-state index is 5.80. The Kier molecular flexibility index (Phi) is 8.78. The molecule has 0 aliphatic carbocycles. The van der Waals surface area contributed by atoms with E-state index in [9.17, 15) is 0 Å². The van der Waals surface area contributed by atoms with Crippen molar-refractivity contribution in [2.45, 2.75) is 25.8 Å². The van der Waals surface area contributed by atoms with Crippen molar-refractivity contribution < 1.29 is 0 Å². The molecule has 0 atom stereocenters. The Morgan fingerprint density at radius 2 is 1.92 bits per heavy atom. The van der Waals surface area contributed by atoms with E-state index in [-0.39, 0.29) is 5.54 Å². The molecule has 1 N–H and O–H groups in total. The van der Waals surface area contributed by atoms with Crippen molar-refractivity contribution in [3.8, 4) is 0 Å². The lowest BCUT2D eigenvalue weighted by molar-refractivity contribution is 0.438. The zero-order valence-electron chi connectivity index (χ0n) is 8.41. The smallest absolute Gasteiger partial charge is 0.0425 e. The monoisotopic (exact) mass is 243 g/mol. The van der Waals surface area contributed by atoms with Crippen LogP contribution in [0.1, 0.15) is 20.3 Å². The first kappa shape index (κ1) is 13.9. The van der Waals surface area contributed by atoms with Gasteiger partial charge >= 0.3 is 0 Å². The van der Waals surface area contributed by atoms with E-state index in [0.29, 0.717) is 11.8 Å². The minimum Gasteiger partial charge on any atom is -0.309 e. The molecule has 0 aromatic heterocycles. The molecule has 0 radical (unpaired) electrons. The van der Waals surface area contributed by atoms with Gasteiger partial charge < -0.3 is 5.32 Å². The standard InChI is InChI=1S/C9H19Cl2NS/c1-3-13-6-4-5-12-9(2,7-10)8-11/h12H,3-8H2,1-2H3. The lowest BCUT2D eigenvalue weighted by Gasteiger charge is -2.25. The van der Waals surface area contributed by atoms with Gasteiger partial charge in [0.25, 0.3) is 0 Å². The molecule has 0 unspecified atom stereocenters. The summed E-state index contributed by atoms with van der Waals surface area (Å²) in [6, 6.07) is 0. The highest BCUT2D eigenvalue weighted by Crippen LogP contribution is 2.09. The number of alkyl halides is 2. The van der Waals surface area contributed by atoms with Crippen LogP contribution in [0.15, 0.2) is 0 Å². The van der Waals surface area contributed by atoms with Crippen molar-refractivity contribution in [2.75, 3.05) is 29.8 Å². The molecule has 0 fully saturated rings. The summed E-state index contributed by atoms with van der Waals surface area (Å²) in [4.78, 5) is 0. The fourth-order valence-electron chi connectivity index (χ4n) is 0.839. The molecule has 0 saturated heterocycles. The number of hydrogen-bond donors (Lipinski definition) is 1. The van der Waals surface area contributed by atoms with E-state index in [1.807, 2.05) is 11.8 Å². The third kappa shape index (κ3) is 6.89. The summed E-state index contributed by atoms with van der Waals surface area (Å²) in [5.74, 6) is 3.54. The van der Waals surface area contributed by atoms with Crippen LogP contribution < -0.4 is 5.32 Å². The molecule has 0 saturated carbocycles. The van der Waals surface area contributed by atoms with Crippen molar-refractivity contribution in [3.63, 3.8) is 0 Å². The van der Waals surface area contributed by atoms with E-state index < -0.39 is 0 Å². The normalized spacial score (nSPS) is 12.0. The lowest BCUT2D eigenvalue weighted by atomic mass is 10.1. The largest absolute Gasteiger partial charge is 0.309 e. The van der Waals surface area contributed by atoms with Crippen LogP contribution in [-0.4, -0.2) is 35.3 Å². The third-order valence-corrected chi connectivity index (χ3v) is 3.98. The fourth-order valence-corrected chi connectivity index (χ4v) is 1.95. The van der Waals surface area contributed by atoms with Crippen molar-refractivity contribution >= 4 is 35.0 Å². The van der Waals surface area contributed by atoms with Gasteiger partial charge in [0.1, 0.15) is 0 Å². The van der Waals surface area contributed by atoms with Crippen LogP contribution in [0.4, 0.5) is 0 Å². The van der Waals surface area contributed by atoms with E-state index >= 15 is 0 Å². The highest BCUT2D eigenvalue weighted by molar-refractivity contribution is 7.99. The Bertz CT molecular complexity index is 118. The molecule has 0 aromatic carbocycles. The summed E-state index contributed by atoms with van der Waals surface area (Å²) < 4.78 is 0. The molecule has 0 rings (SSSR count). The zero-order valence-corrected chi connectivity index (χ0v) is 10.7. The summed E-state index contributed by atoms with van der Waals surface area (Å²) >= 11 is 13.6. The summed E-state index contributed by atoms with van der Waals surface area (Å²) in [6.45, 7) is 5.24. The van der Waals surface area contributed by atoms with Gasteiger partial charge in [-0.2, -0.15) is 11.8 Å². The maximum Gasteiger partial charge on any atom is 0.0425 e. The van der Waals surface area contributed by atoms with Crippen molar-refractivity contribution in [3.05, 3.63) is 0 Å². The number of thioether (sulfide) groups is 1. The molecule has 0 aliphatic rings. The van der Waals surface area contributed by atoms with E-state index in [4.69, 9.17) is 23.2 Å². The van der Waals surface area contributed by atoms with E-state index in [0.717, 1.165) is 6.54 Å². The van der Waals surface area contributed by atoms with Crippen LogP contribution in [0.3, 0.4) is 0 Å². The molecule has 0 aromatic rings. The Morgan fingerprint density at radius 1 is 1.31 bits per heavy atom. The summed E-state index contributed by atoms with van der Waals surface area (Å²) in [7, 11) is 0. The maximum atomic E-state index is 5.80. The van der Waals surface area contributed by atoms with Crippen LogP contribution in [0, 0.1) is 0 Å². The molecule has 0 aliphatic heterocycles. The van der Waals surface area contributed by atoms with Gasteiger partial charge in [0.15, 0.2) is 0 Å². The fraction of sp³-hybridized carbons (Fsp3) is 1.00. The minimum absolute atomic E-state index is 0.0972. The zero-order chi connectivity index (χ0) is 10.2. The quantitative estimate of drug-likeness (QED) is 0.520. The van der Waals surface area contributed by atoms with Crippen LogP contribution in [0.5, 0.6) is 0 Å². The van der Waals surface area contributed by atoms with E-state index in [2.05, 4.69) is 19.2 Å². The van der Waals surface area contributed by atoms with Gasteiger partial charge in [0.2, 0.25) is 0 Å². The first-order valence-electron chi connectivity index (χ1n) is 4.63. The summed E-state index contributed by atoms with van der Waals surface area (Å²) in [5, 5.41) is 3.38. The van der Waals surface area contributed by atoms with Crippen LogP contribution in [0.25, 0.3) is 0 Å². The van der Waals surface area contributed by atoms with Crippen molar-refractivity contribution in [2.24, 2.45) is 0 Å². The van der Waals surface area contributed by atoms with Gasteiger partial charge in [0, 0.05) is 17.3 Å². The third-order valence-electron chi connectivity index (χ3n) is 1.81. The van der Waals surface area contributed by atoms with Gasteiger partial charge in [-0.25, -0.2) is 0 Å². The average molecular weight is 244 g/mol. The van der Waals surface area contributed by atoms with Crippen LogP contribution >= 0.6 is 35.0 Å². The van der Waals surface area contributed by atoms with Crippen LogP contribution in [0.2, 0.25) is 0 Å². The molecule has 0 bridgehead atoms. The van der Waals surface area contributed by atoms with Gasteiger partial charge in [-0.15, -0.1) is 23.2 Å². The van der Waals surface area contributed by atoms with Crippen molar-refractivity contribution in [1.82, 2.24) is 5.32 Å². The summed E-state index contributed by atoms with van der Waals surface area (Å²) in [5.41, 5.74) is -0.0972. The molecular weight excluding hydrogens is 225 g/mol. The van der Waals surface area contributed by atoms with Gasteiger partial charge in [-0.05, 0) is 31.4 Å². The molecule has 4 heteroatoms. The number of rotatable bonds is 8. The minimum atomic E-state index is -0.0972. The highest BCUT2D eigenvalue weighted by atomic mass is 35.5. The second-order valence-electron chi connectivity index (χ2n) is 3.31. The Balaban J connectivity index is 3.39. The molecule has 13 heavy (non-hydrogen) atoms. The van der Waals surface area contributed by atoms with Gasteiger partial charge in [0.05, 0.1) is 0 Å². The first-order chi connectivity index (χ1) is 6.18. The predicted octanol–water partition coefficient (Wildman–Crippen LogP) is 2.96. The second kappa shape index (κ2) is 8.22. The number of nitrogens with one attached hydrogen (secondary N) is 1. The Hall–Kier alpha value is 0.890. The highest BCUT2D eigenvalue weighted by Gasteiger charge is 2.20. The van der Waals surface area contributed by atoms with Crippen LogP contribution in [-0.2, 0) is 0 Å². The van der Waals surface area contributed by atoms with E-state index in [1.165, 1.54) is 17.9 Å². The van der Waals surface area contributed by atoms with Gasteiger partial charge in [-0.3, -0.25) is 0 Å². The molecule has 0 spiro atoms. The van der Waals surface area contributed by atoms with Crippen molar-refractivity contribution in [1.29, 1.82) is 0 Å². The number of halogens is 2. The average Bonchev–Trinajstić information content (AvgIpc) is 2.17. The molecule has 0 amide bonds. The Labute approximate surface area is 95.9 Å². The SMILES string of the molecule is CCSCCCNC(C)(CCl)CCl. The molecular formula is C9H19Cl2NS. The lowest BCUT2D eigenvalue weighted by Crippen LogP contribution is -2.46. The predicted molar refractivity (Wildman–Crippen MR) is 65.5 cm³/mol. The molecule has 80 valence electrons. The number of hydrogen-bond acceptors (Lipinski definition) is 2. The molecule has 1 nitrogen and oxygen atoms in total. The molecule has 0 heterocycles. The Morgan fingerprint density at radius 3 is 2.38 bits per heavy atom. The van der Waals surface area contributed by atoms with E-state index in [1.54, 1.807) is 0 Å². The van der Waals surface area contributed by atoms with Gasteiger partial charge in [-0.1, -0.05) is 6.92 Å².